The van der Waals surface area contributed by atoms with Crippen molar-refractivity contribution in [1.82, 2.24) is 14.5 Å². The molecule has 0 spiro atoms. The first kappa shape index (κ1) is 27.3. The summed E-state index contributed by atoms with van der Waals surface area (Å²) in [5, 5.41) is 14.3. The molecule has 1 aromatic heterocycles. The van der Waals surface area contributed by atoms with Crippen LogP contribution in [0.15, 0.2) is 42.7 Å². The van der Waals surface area contributed by atoms with Gasteiger partial charge >= 0.3 is 12.7 Å². The molecule has 11 heteroatoms. The number of imidazole rings is 1. The SMILES string of the molecule is CC(CNc1ccc(OC(F)F)cc1)N(C(=O)O)C(CC1CCCC1)Cn1cnc2cc(Cl)c(Cl)cc21. The second kappa shape index (κ2) is 12.2. The van der Waals surface area contributed by atoms with Gasteiger partial charge in [0.1, 0.15) is 5.75 Å². The summed E-state index contributed by atoms with van der Waals surface area (Å²) >= 11 is 12.4. The first-order valence-corrected chi connectivity index (χ1v) is 13.1. The summed E-state index contributed by atoms with van der Waals surface area (Å²) in [5.74, 6) is 0.522. The second-order valence-corrected chi connectivity index (χ2v) is 10.3. The maximum absolute atomic E-state index is 12.6. The molecule has 1 fully saturated rings. The number of ether oxygens (including phenoxy) is 1. The Kier molecular flexibility index (Phi) is 8.97. The summed E-state index contributed by atoms with van der Waals surface area (Å²) in [7, 11) is 0. The molecule has 0 bridgehead atoms. The summed E-state index contributed by atoms with van der Waals surface area (Å²) < 4.78 is 31.1. The van der Waals surface area contributed by atoms with Crippen molar-refractivity contribution in [3.05, 3.63) is 52.8 Å². The third kappa shape index (κ3) is 6.96. The minimum Gasteiger partial charge on any atom is -0.465 e. The van der Waals surface area contributed by atoms with Gasteiger partial charge in [0, 0.05) is 24.8 Å². The zero-order valence-corrected chi connectivity index (χ0v) is 21.9. The molecule has 2 unspecified atom stereocenters. The van der Waals surface area contributed by atoms with Gasteiger partial charge in [-0.05, 0) is 55.7 Å². The van der Waals surface area contributed by atoms with Crippen LogP contribution in [0.4, 0.5) is 19.3 Å². The van der Waals surface area contributed by atoms with Crippen LogP contribution in [0.3, 0.4) is 0 Å². The van der Waals surface area contributed by atoms with E-state index in [0.29, 0.717) is 40.3 Å². The minimum atomic E-state index is -2.89. The van der Waals surface area contributed by atoms with Crippen LogP contribution in [0.25, 0.3) is 11.0 Å². The molecule has 0 radical (unpaired) electrons. The molecule has 4 rings (SSSR count). The van der Waals surface area contributed by atoms with E-state index in [-0.39, 0.29) is 17.8 Å². The molecule has 1 aliphatic rings. The Bertz CT molecular complexity index is 1200. The molecule has 2 atom stereocenters. The van der Waals surface area contributed by atoms with Gasteiger partial charge in [0.25, 0.3) is 0 Å². The van der Waals surface area contributed by atoms with Crippen LogP contribution in [0.1, 0.15) is 39.0 Å². The lowest BCUT2D eigenvalue weighted by molar-refractivity contribution is -0.0498. The molecule has 200 valence electrons. The Morgan fingerprint density at radius 2 is 1.89 bits per heavy atom. The van der Waals surface area contributed by atoms with Gasteiger partial charge in [0.05, 0.1) is 33.4 Å². The van der Waals surface area contributed by atoms with Gasteiger partial charge in [-0.2, -0.15) is 8.78 Å². The third-order valence-electron chi connectivity index (χ3n) is 6.92. The number of hydrogen-bond acceptors (Lipinski definition) is 4. The average Bonchev–Trinajstić information content (AvgIpc) is 3.49. The first-order chi connectivity index (χ1) is 17.7. The largest absolute Gasteiger partial charge is 0.465 e. The summed E-state index contributed by atoms with van der Waals surface area (Å²) in [6.07, 6.45) is 5.96. The van der Waals surface area contributed by atoms with Crippen molar-refractivity contribution in [2.24, 2.45) is 5.92 Å². The van der Waals surface area contributed by atoms with E-state index in [1.807, 2.05) is 11.5 Å². The van der Waals surface area contributed by atoms with E-state index in [0.717, 1.165) is 37.6 Å². The first-order valence-electron chi connectivity index (χ1n) is 12.3. The van der Waals surface area contributed by atoms with Crippen LogP contribution in [0.2, 0.25) is 10.0 Å². The maximum atomic E-state index is 12.6. The Labute approximate surface area is 224 Å². The van der Waals surface area contributed by atoms with E-state index < -0.39 is 12.7 Å². The van der Waals surface area contributed by atoms with Crippen molar-refractivity contribution >= 4 is 46.0 Å². The van der Waals surface area contributed by atoms with Crippen molar-refractivity contribution in [2.45, 2.75) is 64.3 Å². The van der Waals surface area contributed by atoms with Crippen LogP contribution >= 0.6 is 23.2 Å². The summed E-state index contributed by atoms with van der Waals surface area (Å²) in [5.41, 5.74) is 2.18. The van der Waals surface area contributed by atoms with Crippen molar-refractivity contribution in [1.29, 1.82) is 0 Å². The molecule has 0 saturated heterocycles. The van der Waals surface area contributed by atoms with E-state index in [1.165, 1.54) is 17.0 Å². The highest BCUT2D eigenvalue weighted by atomic mass is 35.5. The number of fused-ring (bicyclic) bond motifs is 1. The number of anilines is 1. The molecule has 7 nitrogen and oxygen atoms in total. The number of rotatable bonds is 11. The smallest absolute Gasteiger partial charge is 0.407 e. The Morgan fingerprint density at radius 1 is 1.22 bits per heavy atom. The number of alkyl halides is 2. The van der Waals surface area contributed by atoms with Gasteiger partial charge in [-0.15, -0.1) is 0 Å². The molecule has 2 aromatic carbocycles. The number of hydrogen-bond donors (Lipinski definition) is 2. The predicted molar refractivity (Wildman–Crippen MR) is 141 cm³/mol. The number of nitrogens with zero attached hydrogens (tertiary/aromatic N) is 3. The van der Waals surface area contributed by atoms with Crippen molar-refractivity contribution in [3.63, 3.8) is 0 Å². The number of carboxylic acid groups (broad SMARTS) is 1. The van der Waals surface area contributed by atoms with E-state index in [9.17, 15) is 18.7 Å². The highest BCUT2D eigenvalue weighted by Gasteiger charge is 2.32. The Hall–Kier alpha value is -2.78. The molecule has 3 aromatic rings. The Morgan fingerprint density at radius 3 is 2.54 bits per heavy atom. The number of aromatic nitrogens is 2. The molecule has 2 N–H and O–H groups in total. The second-order valence-electron chi connectivity index (χ2n) is 9.51. The van der Waals surface area contributed by atoms with Crippen LogP contribution in [0.5, 0.6) is 5.75 Å². The van der Waals surface area contributed by atoms with Gasteiger partial charge in [0.2, 0.25) is 0 Å². The monoisotopic (exact) mass is 554 g/mol. The topological polar surface area (TPSA) is 79.6 Å². The van der Waals surface area contributed by atoms with E-state index in [1.54, 1.807) is 30.6 Å². The fourth-order valence-electron chi connectivity index (χ4n) is 5.16. The standard InChI is InChI=1S/C26H30Cl2F2N4O3/c1-16(13-31-18-6-8-20(9-7-18)37-25(29)30)34(26(35)36)19(10-17-4-2-3-5-17)14-33-15-32-23-11-21(27)22(28)12-24(23)33/h6-9,11-12,15-17,19,25,31H,2-5,10,13-14H2,1H3,(H,35,36). The van der Waals surface area contributed by atoms with Gasteiger partial charge in [-0.25, -0.2) is 9.78 Å². The molecule has 1 aliphatic carbocycles. The normalized spacial score (nSPS) is 15.7. The fourth-order valence-corrected chi connectivity index (χ4v) is 5.47. The number of amides is 1. The van der Waals surface area contributed by atoms with E-state index >= 15 is 0 Å². The quantitative estimate of drug-likeness (QED) is 0.258. The lowest BCUT2D eigenvalue weighted by Gasteiger charge is -2.36. The predicted octanol–water partition coefficient (Wildman–Crippen LogP) is 7.37. The van der Waals surface area contributed by atoms with Crippen molar-refractivity contribution in [2.75, 3.05) is 11.9 Å². The van der Waals surface area contributed by atoms with Crippen molar-refractivity contribution in [3.8, 4) is 5.75 Å². The van der Waals surface area contributed by atoms with Gasteiger partial charge in [-0.1, -0.05) is 48.9 Å². The number of carbonyl (C=O) groups is 1. The van der Waals surface area contributed by atoms with Crippen LogP contribution in [-0.4, -0.2) is 50.9 Å². The van der Waals surface area contributed by atoms with Crippen LogP contribution in [0, 0.1) is 5.92 Å². The maximum Gasteiger partial charge on any atom is 0.407 e. The highest BCUT2D eigenvalue weighted by molar-refractivity contribution is 6.42. The van der Waals surface area contributed by atoms with E-state index in [2.05, 4.69) is 15.0 Å². The lowest BCUT2D eigenvalue weighted by Crippen LogP contribution is -2.50. The van der Waals surface area contributed by atoms with Crippen LogP contribution in [-0.2, 0) is 6.54 Å². The molecular formula is C26H30Cl2F2N4O3. The Balaban J connectivity index is 1.52. The number of halogens is 4. The number of benzene rings is 2. The van der Waals surface area contributed by atoms with Crippen molar-refractivity contribution < 1.29 is 23.4 Å². The molecule has 37 heavy (non-hydrogen) atoms. The van der Waals surface area contributed by atoms with E-state index in [4.69, 9.17) is 23.2 Å². The molecule has 1 heterocycles. The zero-order chi connectivity index (χ0) is 26.5. The molecule has 1 amide bonds. The molecule has 1 saturated carbocycles. The summed E-state index contributed by atoms with van der Waals surface area (Å²) in [4.78, 5) is 18.5. The zero-order valence-electron chi connectivity index (χ0n) is 20.4. The highest BCUT2D eigenvalue weighted by Crippen LogP contribution is 2.32. The lowest BCUT2D eigenvalue weighted by atomic mass is 9.96. The fraction of sp³-hybridized carbons (Fsp3) is 0.462. The summed E-state index contributed by atoms with van der Waals surface area (Å²) in [6, 6.07) is 8.95. The van der Waals surface area contributed by atoms with Gasteiger partial charge in [-0.3, -0.25) is 4.90 Å². The molecule has 0 aliphatic heterocycles. The van der Waals surface area contributed by atoms with Gasteiger partial charge in [0.15, 0.2) is 0 Å². The number of nitrogens with one attached hydrogen (secondary N) is 1. The average molecular weight is 555 g/mol. The molecular weight excluding hydrogens is 525 g/mol. The van der Waals surface area contributed by atoms with Crippen LogP contribution < -0.4 is 10.1 Å². The third-order valence-corrected chi connectivity index (χ3v) is 7.64. The van der Waals surface area contributed by atoms with Gasteiger partial charge < -0.3 is 19.7 Å². The summed E-state index contributed by atoms with van der Waals surface area (Å²) in [6.45, 7) is -0.254. The minimum absolute atomic E-state index is 0.0614.